The second-order valence-corrected chi connectivity index (χ2v) is 10.7. The fourth-order valence-electron chi connectivity index (χ4n) is 5.42. The molecule has 0 N–H and O–H groups in total. The van der Waals surface area contributed by atoms with Crippen molar-refractivity contribution in [2.75, 3.05) is 0 Å². The van der Waals surface area contributed by atoms with E-state index in [1.165, 1.54) is 54.0 Å². The topological polar surface area (TPSA) is 24.8 Å². The summed E-state index contributed by atoms with van der Waals surface area (Å²) in [6, 6.07) is 19.7. The molecule has 3 aromatic carbocycles. The first kappa shape index (κ1) is 19.8. The van der Waals surface area contributed by atoms with Crippen LogP contribution in [-0.4, -0.2) is 16.9 Å². The van der Waals surface area contributed by atoms with Gasteiger partial charge in [0.25, 0.3) is 0 Å². The normalized spacial score (nSPS) is 23.3. The number of hydrazone groups is 1. The number of ether oxygens (including phenoxy) is 1. The molecule has 0 unspecified atom stereocenters. The molecule has 0 spiro atoms. The molecule has 0 aromatic heterocycles. The fourth-order valence-corrected chi connectivity index (χ4v) is 6.77. The van der Waals surface area contributed by atoms with Crippen molar-refractivity contribution in [1.29, 1.82) is 0 Å². The van der Waals surface area contributed by atoms with E-state index in [4.69, 9.17) is 9.84 Å². The summed E-state index contributed by atoms with van der Waals surface area (Å²) in [6.07, 6.45) is 7.27. The highest BCUT2D eigenvalue weighted by Gasteiger charge is 2.44. The molecule has 2 heterocycles. The molecule has 3 aliphatic rings. The van der Waals surface area contributed by atoms with Crippen molar-refractivity contribution in [3.8, 4) is 5.75 Å². The van der Waals surface area contributed by atoms with Crippen LogP contribution in [0.3, 0.4) is 0 Å². The molecule has 0 bridgehead atoms. The maximum atomic E-state index is 6.68. The van der Waals surface area contributed by atoms with E-state index in [9.17, 15) is 0 Å². The van der Waals surface area contributed by atoms with Crippen molar-refractivity contribution in [3.63, 3.8) is 0 Å². The third-order valence-electron chi connectivity index (χ3n) is 6.97. The van der Waals surface area contributed by atoms with E-state index in [1.54, 1.807) is 0 Å². The maximum Gasteiger partial charge on any atom is 0.190 e. The van der Waals surface area contributed by atoms with E-state index < -0.39 is 0 Å². The van der Waals surface area contributed by atoms with Crippen LogP contribution in [0, 0.1) is 5.92 Å². The molecular formula is C26H24Br2N2O. The van der Waals surface area contributed by atoms with Gasteiger partial charge in [0, 0.05) is 22.4 Å². The van der Waals surface area contributed by atoms with Gasteiger partial charge in [-0.25, -0.2) is 5.01 Å². The maximum absolute atomic E-state index is 6.68. The molecule has 0 radical (unpaired) electrons. The van der Waals surface area contributed by atoms with Crippen LogP contribution in [0.2, 0.25) is 0 Å². The molecule has 2 aliphatic heterocycles. The predicted molar refractivity (Wildman–Crippen MR) is 133 cm³/mol. The molecule has 5 heteroatoms. The Morgan fingerprint density at radius 2 is 1.71 bits per heavy atom. The van der Waals surface area contributed by atoms with Gasteiger partial charge in [-0.2, -0.15) is 5.10 Å². The molecule has 0 saturated heterocycles. The smallest absolute Gasteiger partial charge is 0.190 e. The van der Waals surface area contributed by atoms with Gasteiger partial charge in [-0.15, -0.1) is 0 Å². The van der Waals surface area contributed by atoms with Crippen molar-refractivity contribution in [1.82, 2.24) is 5.01 Å². The van der Waals surface area contributed by atoms with E-state index in [1.807, 2.05) is 0 Å². The molecule has 3 aromatic rings. The van der Waals surface area contributed by atoms with Gasteiger partial charge in [0.05, 0.1) is 16.2 Å². The summed E-state index contributed by atoms with van der Waals surface area (Å²) in [5.41, 5.74) is 3.59. The Bertz CT molecular complexity index is 1190. The molecule has 0 amide bonds. The third kappa shape index (κ3) is 3.50. The summed E-state index contributed by atoms with van der Waals surface area (Å²) in [7, 11) is 0. The number of fused-ring (bicyclic) bond motifs is 4. The van der Waals surface area contributed by atoms with Gasteiger partial charge in [0.15, 0.2) is 6.23 Å². The number of benzene rings is 3. The Morgan fingerprint density at radius 3 is 2.55 bits per heavy atom. The van der Waals surface area contributed by atoms with Crippen LogP contribution in [0.4, 0.5) is 0 Å². The van der Waals surface area contributed by atoms with Crippen molar-refractivity contribution in [2.45, 2.75) is 50.8 Å². The van der Waals surface area contributed by atoms with Crippen molar-refractivity contribution < 1.29 is 4.74 Å². The lowest BCUT2D eigenvalue weighted by Crippen LogP contribution is -2.46. The van der Waals surface area contributed by atoms with E-state index in [2.05, 4.69) is 91.5 Å². The monoisotopic (exact) mass is 538 g/mol. The average Bonchev–Trinajstić information content (AvgIpc) is 3.25. The molecule has 2 atom stereocenters. The van der Waals surface area contributed by atoms with E-state index in [-0.39, 0.29) is 12.3 Å². The van der Waals surface area contributed by atoms with Crippen LogP contribution < -0.4 is 4.74 Å². The molecule has 158 valence electrons. The minimum Gasteiger partial charge on any atom is -0.467 e. The highest BCUT2D eigenvalue weighted by atomic mass is 79.9. The molecule has 1 fully saturated rings. The Hall–Kier alpha value is -1.85. The lowest BCUT2D eigenvalue weighted by Gasteiger charge is -2.43. The first-order valence-electron chi connectivity index (χ1n) is 11.2. The summed E-state index contributed by atoms with van der Waals surface area (Å²) in [6.45, 7) is 0. The standard InChI is InChI=1S/C26H24Br2N2O/c27-20-13-21-24-15-23(19-11-10-16-6-4-5-9-18(16)12-19)29-30(24)26(17-7-2-1-3-8-17)31-25(21)22(28)14-20/h4-6,9-14,17,24,26H,1-3,7-8,15H2/t24-,26+/m0/s1. The summed E-state index contributed by atoms with van der Waals surface area (Å²) in [5, 5.41) is 10.0. The average molecular weight is 540 g/mol. The summed E-state index contributed by atoms with van der Waals surface area (Å²) in [4.78, 5) is 0. The Balaban J connectivity index is 1.43. The largest absolute Gasteiger partial charge is 0.467 e. The lowest BCUT2D eigenvalue weighted by atomic mass is 9.86. The molecule has 3 nitrogen and oxygen atoms in total. The van der Waals surface area contributed by atoms with Gasteiger partial charge in [0.1, 0.15) is 5.75 Å². The minimum absolute atomic E-state index is 0.00762. The Kier molecular flexibility index (Phi) is 5.07. The van der Waals surface area contributed by atoms with Crippen LogP contribution >= 0.6 is 31.9 Å². The number of nitrogens with zero attached hydrogens (tertiary/aromatic N) is 2. The van der Waals surface area contributed by atoms with Crippen LogP contribution in [0.25, 0.3) is 10.8 Å². The second kappa shape index (κ2) is 7.93. The van der Waals surface area contributed by atoms with Gasteiger partial charge in [0.2, 0.25) is 0 Å². The first-order valence-corrected chi connectivity index (χ1v) is 12.8. The third-order valence-corrected chi connectivity index (χ3v) is 8.02. The fraction of sp³-hybridized carbons (Fsp3) is 0.346. The minimum atomic E-state index is 0.00762. The Labute approximate surface area is 199 Å². The zero-order valence-corrected chi connectivity index (χ0v) is 20.4. The van der Waals surface area contributed by atoms with Crippen LogP contribution in [0.1, 0.15) is 55.7 Å². The zero-order valence-electron chi connectivity index (χ0n) is 17.2. The van der Waals surface area contributed by atoms with E-state index in [0.29, 0.717) is 5.92 Å². The van der Waals surface area contributed by atoms with Gasteiger partial charge < -0.3 is 4.74 Å². The Morgan fingerprint density at radius 1 is 0.903 bits per heavy atom. The summed E-state index contributed by atoms with van der Waals surface area (Å²) in [5.74, 6) is 1.52. The lowest BCUT2D eigenvalue weighted by molar-refractivity contribution is -0.0649. The highest BCUT2D eigenvalue weighted by Crippen LogP contribution is 2.49. The molecule has 31 heavy (non-hydrogen) atoms. The molecule has 6 rings (SSSR count). The van der Waals surface area contributed by atoms with Crippen LogP contribution in [-0.2, 0) is 0 Å². The number of hydrogen-bond donors (Lipinski definition) is 0. The summed E-state index contributed by atoms with van der Waals surface area (Å²) < 4.78 is 8.77. The summed E-state index contributed by atoms with van der Waals surface area (Å²) >= 11 is 7.43. The van der Waals surface area contributed by atoms with Gasteiger partial charge in [-0.05, 0) is 63.3 Å². The van der Waals surface area contributed by atoms with Crippen molar-refractivity contribution in [2.24, 2.45) is 11.0 Å². The van der Waals surface area contributed by atoms with Crippen LogP contribution in [0.5, 0.6) is 5.75 Å². The van der Waals surface area contributed by atoms with Gasteiger partial charge >= 0.3 is 0 Å². The number of hydrogen-bond acceptors (Lipinski definition) is 3. The SMILES string of the molecule is Brc1cc(Br)c2c(c1)[C@@H]1CC(c3ccc4ccccc4c3)=NN1[C@@H](C1CCCCC1)O2. The second-order valence-electron chi connectivity index (χ2n) is 8.92. The van der Waals surface area contributed by atoms with E-state index in [0.717, 1.165) is 26.8 Å². The quantitative estimate of drug-likeness (QED) is 0.331. The predicted octanol–water partition coefficient (Wildman–Crippen LogP) is 7.81. The molecular weight excluding hydrogens is 516 g/mol. The number of rotatable bonds is 2. The molecule has 1 aliphatic carbocycles. The zero-order chi connectivity index (χ0) is 20.9. The van der Waals surface area contributed by atoms with Gasteiger partial charge in [-0.3, -0.25) is 0 Å². The first-order chi connectivity index (χ1) is 15.2. The van der Waals surface area contributed by atoms with Gasteiger partial charge in [-0.1, -0.05) is 71.6 Å². The van der Waals surface area contributed by atoms with Crippen LogP contribution in [0.15, 0.2) is 68.6 Å². The van der Waals surface area contributed by atoms with Crippen molar-refractivity contribution >= 4 is 48.3 Å². The highest BCUT2D eigenvalue weighted by molar-refractivity contribution is 9.11. The van der Waals surface area contributed by atoms with Crippen molar-refractivity contribution in [3.05, 3.63) is 74.7 Å². The number of halogens is 2. The van der Waals surface area contributed by atoms with E-state index >= 15 is 0 Å². The molecule has 1 saturated carbocycles.